The second kappa shape index (κ2) is 8.80. The number of carbonyl (C=O) groups excluding carboxylic acids is 3. The quantitative estimate of drug-likeness (QED) is 0.204. The summed E-state index contributed by atoms with van der Waals surface area (Å²) in [6, 6.07) is 20.9. The third kappa shape index (κ3) is 3.14. The van der Waals surface area contributed by atoms with E-state index in [1.165, 1.54) is 36.4 Å². The third-order valence-electron chi connectivity index (χ3n) is 8.41. The third-order valence-corrected chi connectivity index (χ3v) is 8.74. The van der Waals surface area contributed by atoms with Gasteiger partial charge in [-0.25, -0.2) is 8.78 Å². The van der Waals surface area contributed by atoms with Crippen molar-refractivity contribution in [3.63, 3.8) is 0 Å². The van der Waals surface area contributed by atoms with Crippen molar-refractivity contribution in [1.29, 1.82) is 0 Å². The maximum atomic E-state index is 15.8. The van der Waals surface area contributed by atoms with Gasteiger partial charge in [0.2, 0.25) is 0 Å². The molecule has 0 saturated carbocycles. The van der Waals surface area contributed by atoms with E-state index in [1.807, 2.05) is 0 Å². The molecule has 0 unspecified atom stereocenters. The lowest BCUT2D eigenvalue weighted by molar-refractivity contribution is 0.0664. The number of nitrogens with zero attached hydrogens (tertiary/aromatic N) is 1. The van der Waals surface area contributed by atoms with Gasteiger partial charge in [-0.1, -0.05) is 78.4 Å². The van der Waals surface area contributed by atoms with Gasteiger partial charge >= 0.3 is 0 Å². The minimum absolute atomic E-state index is 0.0777. The average molecular weight is 552 g/mol. The summed E-state index contributed by atoms with van der Waals surface area (Å²) in [6.07, 6.45) is 3.32. The Bertz CT molecular complexity index is 1760. The largest absolute Gasteiger partial charge is 0.352 e. The first-order valence-electron chi connectivity index (χ1n) is 12.8. The Morgan fingerprint density at radius 1 is 0.825 bits per heavy atom. The molecule has 0 N–H and O–H groups in total. The van der Waals surface area contributed by atoms with Crippen molar-refractivity contribution in [1.82, 2.24) is 0 Å². The van der Waals surface area contributed by atoms with Crippen molar-refractivity contribution in [2.24, 2.45) is 5.41 Å². The number of benzene rings is 4. The van der Waals surface area contributed by atoms with Crippen molar-refractivity contribution in [3.8, 4) is 0 Å². The van der Waals surface area contributed by atoms with E-state index in [1.54, 1.807) is 71.6 Å². The molecule has 2 aliphatic heterocycles. The van der Waals surface area contributed by atoms with Gasteiger partial charge in [-0.2, -0.15) is 0 Å². The lowest BCUT2D eigenvalue weighted by Gasteiger charge is -2.37. The zero-order valence-electron chi connectivity index (χ0n) is 20.9. The van der Waals surface area contributed by atoms with Crippen LogP contribution in [0.2, 0.25) is 5.02 Å². The molecule has 1 aliphatic carbocycles. The predicted molar refractivity (Wildman–Crippen MR) is 148 cm³/mol. The van der Waals surface area contributed by atoms with Gasteiger partial charge in [-0.15, -0.1) is 0 Å². The zero-order chi connectivity index (χ0) is 27.8. The van der Waals surface area contributed by atoms with Gasteiger partial charge < -0.3 is 4.90 Å². The Balaban J connectivity index is 1.58. The first-order chi connectivity index (χ1) is 19.4. The first-order valence-corrected chi connectivity index (χ1v) is 13.2. The number of anilines is 1. The molecule has 3 aliphatic rings. The normalized spacial score (nSPS) is 21.9. The van der Waals surface area contributed by atoms with Crippen LogP contribution < -0.4 is 4.90 Å². The van der Waals surface area contributed by atoms with Crippen molar-refractivity contribution in [2.75, 3.05) is 4.90 Å². The highest BCUT2D eigenvalue weighted by Crippen LogP contribution is 2.61. The van der Waals surface area contributed by atoms with Crippen molar-refractivity contribution >= 4 is 40.7 Å². The number of fused-ring (bicyclic) bond motifs is 5. The number of rotatable bonds is 3. The van der Waals surface area contributed by atoms with Crippen LogP contribution in [-0.2, 0) is 0 Å². The zero-order valence-corrected chi connectivity index (χ0v) is 21.6. The number of Topliss-reactive ketones (excluding diaryl/α,β-unsaturated/α-hetero) is 3. The summed E-state index contributed by atoms with van der Waals surface area (Å²) >= 11 is 6.49. The Morgan fingerprint density at radius 2 is 1.48 bits per heavy atom. The molecule has 0 bridgehead atoms. The van der Waals surface area contributed by atoms with Crippen LogP contribution >= 0.6 is 11.6 Å². The highest BCUT2D eigenvalue weighted by atomic mass is 35.5. The number of carbonyl (C=O) groups is 3. The van der Waals surface area contributed by atoms with E-state index in [4.69, 9.17) is 11.6 Å². The Hall–Kier alpha value is -4.42. The fraction of sp³-hybridized carbons (Fsp3) is 0.121. The first kappa shape index (κ1) is 24.6. The van der Waals surface area contributed by atoms with E-state index < -0.39 is 52.4 Å². The van der Waals surface area contributed by atoms with Crippen LogP contribution in [0, 0.1) is 17.0 Å². The van der Waals surface area contributed by atoms with Crippen LogP contribution in [0.5, 0.6) is 0 Å². The van der Waals surface area contributed by atoms with Crippen molar-refractivity contribution in [3.05, 3.63) is 142 Å². The smallest absolute Gasteiger partial charge is 0.187 e. The molecule has 0 radical (unpaired) electrons. The summed E-state index contributed by atoms with van der Waals surface area (Å²) in [5, 5.41) is 0.191. The standard InChI is InChI=1S/C33H20ClF2NO3/c34-24-11-5-3-9-22(24)30(38)29-28(23-10-4-6-12-25(23)36)33(31(39)20-7-1-2-8-21(20)32(33)40)27-16-13-18-17-19(35)14-15-26(18)37(27)29/h1-17,27-29H/t27-,28-,29+/m1/s1. The highest BCUT2D eigenvalue weighted by Gasteiger charge is 2.72. The van der Waals surface area contributed by atoms with Crippen molar-refractivity contribution < 1.29 is 23.2 Å². The number of hydrogen-bond acceptors (Lipinski definition) is 4. The van der Waals surface area contributed by atoms with E-state index >= 15 is 4.39 Å². The number of hydrogen-bond donors (Lipinski definition) is 0. The number of ketones is 3. The molecule has 1 spiro atoms. The Morgan fingerprint density at radius 3 is 2.17 bits per heavy atom. The van der Waals surface area contributed by atoms with Crippen LogP contribution in [0.25, 0.3) is 6.08 Å². The molecule has 3 atom stereocenters. The molecule has 2 heterocycles. The molecule has 4 aromatic rings. The van der Waals surface area contributed by atoms with Gasteiger partial charge in [0.05, 0.1) is 11.1 Å². The van der Waals surface area contributed by atoms with Gasteiger partial charge in [0, 0.05) is 33.9 Å². The second-order valence-corrected chi connectivity index (χ2v) is 10.7. The fourth-order valence-electron chi connectivity index (χ4n) is 6.84. The van der Waals surface area contributed by atoms with Crippen LogP contribution in [0.3, 0.4) is 0 Å². The molecule has 0 amide bonds. The topological polar surface area (TPSA) is 54.5 Å². The Labute approximate surface area is 233 Å². The molecule has 4 nitrogen and oxygen atoms in total. The van der Waals surface area contributed by atoms with E-state index in [0.29, 0.717) is 11.3 Å². The summed E-state index contributed by atoms with van der Waals surface area (Å²) in [7, 11) is 0. The fourth-order valence-corrected chi connectivity index (χ4v) is 7.07. The molecule has 1 saturated heterocycles. The molecule has 4 aromatic carbocycles. The Kier molecular flexibility index (Phi) is 5.41. The molecule has 1 fully saturated rings. The van der Waals surface area contributed by atoms with Gasteiger partial charge in [0.25, 0.3) is 0 Å². The van der Waals surface area contributed by atoms with Crippen LogP contribution in [0.1, 0.15) is 48.1 Å². The van der Waals surface area contributed by atoms with E-state index in [0.717, 1.165) is 0 Å². The number of halogens is 3. The summed E-state index contributed by atoms with van der Waals surface area (Å²) in [4.78, 5) is 45.3. The van der Waals surface area contributed by atoms with Crippen LogP contribution in [0.4, 0.5) is 14.5 Å². The lowest BCUT2D eigenvalue weighted by atomic mass is 9.64. The molecular weight excluding hydrogens is 532 g/mol. The summed E-state index contributed by atoms with van der Waals surface area (Å²) in [5.74, 6) is -3.74. The molecule has 7 rings (SSSR count). The summed E-state index contributed by atoms with van der Waals surface area (Å²) in [5.41, 5.74) is -0.178. The minimum atomic E-state index is -1.85. The SMILES string of the molecule is O=C(c1ccccc1Cl)[C@@H]1[C@@H](c2ccccc2F)C2(C(=O)c3ccccc3C2=O)[C@H]2C=Cc3cc(F)ccc3N12. The monoisotopic (exact) mass is 551 g/mol. The molecule has 7 heteroatoms. The molecule has 196 valence electrons. The minimum Gasteiger partial charge on any atom is -0.352 e. The van der Waals surface area contributed by atoms with Gasteiger partial charge in [0.1, 0.15) is 23.1 Å². The van der Waals surface area contributed by atoms with E-state index in [-0.39, 0.29) is 27.3 Å². The van der Waals surface area contributed by atoms with E-state index in [9.17, 15) is 18.8 Å². The summed E-state index contributed by atoms with van der Waals surface area (Å²) < 4.78 is 30.1. The predicted octanol–water partition coefficient (Wildman–Crippen LogP) is 6.93. The molecule has 0 aromatic heterocycles. The maximum absolute atomic E-state index is 15.8. The van der Waals surface area contributed by atoms with E-state index in [2.05, 4.69) is 0 Å². The highest BCUT2D eigenvalue weighted by molar-refractivity contribution is 6.35. The molecular formula is C33H20ClF2NO3. The molecule has 40 heavy (non-hydrogen) atoms. The maximum Gasteiger partial charge on any atom is 0.187 e. The lowest BCUT2D eigenvalue weighted by Crippen LogP contribution is -2.48. The van der Waals surface area contributed by atoms with Crippen LogP contribution in [-0.4, -0.2) is 29.4 Å². The average Bonchev–Trinajstić information content (AvgIpc) is 3.39. The summed E-state index contributed by atoms with van der Waals surface area (Å²) in [6.45, 7) is 0. The van der Waals surface area contributed by atoms with Gasteiger partial charge in [0.15, 0.2) is 17.3 Å². The van der Waals surface area contributed by atoms with Gasteiger partial charge in [-0.3, -0.25) is 14.4 Å². The van der Waals surface area contributed by atoms with Crippen LogP contribution in [0.15, 0.2) is 97.1 Å². The van der Waals surface area contributed by atoms with Gasteiger partial charge in [-0.05, 0) is 42.0 Å². The second-order valence-electron chi connectivity index (χ2n) is 10.3. The van der Waals surface area contributed by atoms with Crippen molar-refractivity contribution in [2.45, 2.75) is 18.0 Å².